The minimum absolute atomic E-state index is 0.261. The van der Waals surface area contributed by atoms with Gasteiger partial charge < -0.3 is 10.3 Å². The summed E-state index contributed by atoms with van der Waals surface area (Å²) >= 11 is 0. The fourth-order valence-corrected chi connectivity index (χ4v) is 2.55. The molecule has 0 spiro atoms. The summed E-state index contributed by atoms with van der Waals surface area (Å²) < 4.78 is 2.40. The molecule has 2 nitrogen and oxygen atoms in total. The highest BCUT2D eigenvalue weighted by atomic mass is 15.0. The van der Waals surface area contributed by atoms with Crippen LogP contribution in [0, 0.1) is 5.41 Å². The van der Waals surface area contributed by atoms with Gasteiger partial charge >= 0.3 is 0 Å². The number of para-hydroxylation sites is 1. The zero-order valence-corrected chi connectivity index (χ0v) is 13.3. The molecule has 2 aromatic rings. The number of nitrogens with zero attached hydrogens (tertiary/aromatic N) is 1. The third kappa shape index (κ3) is 3.63. The van der Waals surface area contributed by atoms with Crippen molar-refractivity contribution in [3.63, 3.8) is 0 Å². The fourth-order valence-electron chi connectivity index (χ4n) is 2.55. The number of nitrogens with two attached hydrogens (primary N) is 1. The number of hydrogen-bond acceptors (Lipinski definition) is 1. The van der Waals surface area contributed by atoms with E-state index in [0.29, 0.717) is 5.41 Å². The molecule has 1 heterocycles. The number of aryl methyl sites for hydroxylation is 1. The second-order valence-corrected chi connectivity index (χ2v) is 7.05. The van der Waals surface area contributed by atoms with E-state index in [1.165, 1.54) is 22.9 Å². The van der Waals surface area contributed by atoms with Crippen molar-refractivity contribution >= 4 is 10.9 Å². The molecule has 0 bridgehead atoms. The molecule has 0 saturated heterocycles. The van der Waals surface area contributed by atoms with Crippen molar-refractivity contribution in [3.8, 4) is 0 Å². The van der Waals surface area contributed by atoms with Gasteiger partial charge in [0, 0.05) is 29.7 Å². The maximum absolute atomic E-state index is 6.14. The molecule has 1 atom stereocenters. The molecular formula is C18H28N2. The van der Waals surface area contributed by atoms with Crippen LogP contribution in [0.5, 0.6) is 0 Å². The molecule has 110 valence electrons. The lowest BCUT2D eigenvalue weighted by molar-refractivity contribution is 0.353. The summed E-state index contributed by atoms with van der Waals surface area (Å²) in [6.45, 7) is 10.1. The predicted molar refractivity (Wildman–Crippen MR) is 88.0 cm³/mol. The van der Waals surface area contributed by atoms with Crippen LogP contribution >= 0.6 is 0 Å². The highest BCUT2D eigenvalue weighted by molar-refractivity contribution is 5.84. The van der Waals surface area contributed by atoms with Crippen molar-refractivity contribution in [2.24, 2.45) is 11.1 Å². The molecule has 2 heteroatoms. The molecule has 0 aliphatic carbocycles. The first-order valence-corrected chi connectivity index (χ1v) is 7.73. The van der Waals surface area contributed by atoms with Crippen LogP contribution in [-0.4, -0.2) is 10.6 Å². The lowest BCUT2D eigenvalue weighted by Gasteiger charge is -2.18. The van der Waals surface area contributed by atoms with Gasteiger partial charge in [0.1, 0.15) is 0 Å². The van der Waals surface area contributed by atoms with Gasteiger partial charge in [0.15, 0.2) is 0 Å². The highest BCUT2D eigenvalue weighted by Gasteiger charge is 2.14. The van der Waals surface area contributed by atoms with Gasteiger partial charge in [-0.1, -0.05) is 45.9 Å². The zero-order chi connectivity index (χ0) is 14.8. The molecule has 1 aromatic heterocycles. The van der Waals surface area contributed by atoms with Gasteiger partial charge in [-0.2, -0.15) is 0 Å². The van der Waals surface area contributed by atoms with Gasteiger partial charge in [-0.05, 0) is 36.3 Å². The lowest BCUT2D eigenvalue weighted by Crippen LogP contribution is -2.21. The van der Waals surface area contributed by atoms with E-state index in [1.54, 1.807) is 0 Å². The third-order valence-corrected chi connectivity index (χ3v) is 3.98. The molecule has 0 amide bonds. The number of aromatic nitrogens is 1. The quantitative estimate of drug-likeness (QED) is 0.861. The molecule has 0 aliphatic heterocycles. The molecule has 20 heavy (non-hydrogen) atoms. The van der Waals surface area contributed by atoms with E-state index in [0.717, 1.165) is 19.4 Å². The van der Waals surface area contributed by atoms with Crippen LogP contribution in [0.3, 0.4) is 0 Å². The van der Waals surface area contributed by atoms with E-state index in [2.05, 4.69) is 62.7 Å². The van der Waals surface area contributed by atoms with E-state index < -0.39 is 0 Å². The van der Waals surface area contributed by atoms with Crippen LogP contribution in [0.15, 0.2) is 30.5 Å². The van der Waals surface area contributed by atoms with Crippen molar-refractivity contribution in [2.45, 2.75) is 59.5 Å². The average Bonchev–Trinajstić information content (AvgIpc) is 2.74. The first-order valence-electron chi connectivity index (χ1n) is 7.73. The summed E-state index contributed by atoms with van der Waals surface area (Å²) in [4.78, 5) is 0. The SMILES string of the molecule is CCC(N)Cc1cn(CCC(C)(C)C)c2ccccc12. The zero-order valence-electron chi connectivity index (χ0n) is 13.3. The highest BCUT2D eigenvalue weighted by Crippen LogP contribution is 2.26. The Bertz CT molecular complexity index is 560. The maximum Gasteiger partial charge on any atom is 0.0483 e. The Hall–Kier alpha value is -1.28. The Morgan fingerprint density at radius 1 is 1.20 bits per heavy atom. The van der Waals surface area contributed by atoms with Crippen LogP contribution in [0.4, 0.5) is 0 Å². The Morgan fingerprint density at radius 2 is 1.90 bits per heavy atom. The Morgan fingerprint density at radius 3 is 2.55 bits per heavy atom. The number of hydrogen-bond donors (Lipinski definition) is 1. The van der Waals surface area contributed by atoms with Crippen LogP contribution in [0.1, 0.15) is 46.1 Å². The molecule has 0 aliphatic rings. The van der Waals surface area contributed by atoms with Gasteiger partial charge in [-0.15, -0.1) is 0 Å². The van der Waals surface area contributed by atoms with Gasteiger partial charge in [0.2, 0.25) is 0 Å². The van der Waals surface area contributed by atoms with E-state index in [1.807, 2.05) is 0 Å². The maximum atomic E-state index is 6.14. The third-order valence-electron chi connectivity index (χ3n) is 3.98. The summed E-state index contributed by atoms with van der Waals surface area (Å²) in [6.07, 6.45) is 5.50. The minimum Gasteiger partial charge on any atom is -0.347 e. The largest absolute Gasteiger partial charge is 0.347 e. The first kappa shape index (κ1) is 15.1. The van der Waals surface area contributed by atoms with Crippen LogP contribution in [0.25, 0.3) is 10.9 Å². The molecular weight excluding hydrogens is 244 g/mol. The number of benzene rings is 1. The first-order chi connectivity index (χ1) is 9.40. The van der Waals surface area contributed by atoms with Gasteiger partial charge in [0.05, 0.1) is 0 Å². The standard InChI is InChI=1S/C18H28N2/c1-5-15(19)12-14-13-20(11-10-18(2,3)4)17-9-7-6-8-16(14)17/h6-9,13,15H,5,10-12,19H2,1-4H3. The van der Waals surface area contributed by atoms with Crippen LogP contribution in [-0.2, 0) is 13.0 Å². The van der Waals surface area contributed by atoms with Gasteiger partial charge in [-0.25, -0.2) is 0 Å². The molecule has 2 rings (SSSR count). The predicted octanol–water partition coefficient (Wildman–Crippen LogP) is 4.36. The molecule has 1 unspecified atom stereocenters. The van der Waals surface area contributed by atoms with Crippen LogP contribution < -0.4 is 5.73 Å². The van der Waals surface area contributed by atoms with Crippen molar-refractivity contribution in [2.75, 3.05) is 0 Å². The van der Waals surface area contributed by atoms with Crippen molar-refractivity contribution in [1.82, 2.24) is 4.57 Å². The Balaban J connectivity index is 2.30. The monoisotopic (exact) mass is 272 g/mol. The fraction of sp³-hybridized carbons (Fsp3) is 0.556. The van der Waals surface area contributed by atoms with E-state index in [-0.39, 0.29) is 6.04 Å². The summed E-state index contributed by atoms with van der Waals surface area (Å²) in [5.41, 5.74) is 9.24. The smallest absolute Gasteiger partial charge is 0.0483 e. The number of fused-ring (bicyclic) bond motifs is 1. The normalized spacial score (nSPS) is 13.8. The second kappa shape index (κ2) is 6.01. The Labute approximate surface area is 123 Å². The lowest BCUT2D eigenvalue weighted by atomic mass is 9.92. The Kier molecular flexibility index (Phi) is 4.54. The summed E-state index contributed by atoms with van der Waals surface area (Å²) in [6, 6.07) is 8.95. The topological polar surface area (TPSA) is 30.9 Å². The summed E-state index contributed by atoms with van der Waals surface area (Å²) in [5, 5.41) is 1.37. The van der Waals surface area contributed by atoms with Gasteiger partial charge in [-0.3, -0.25) is 0 Å². The summed E-state index contributed by atoms with van der Waals surface area (Å²) in [7, 11) is 0. The minimum atomic E-state index is 0.261. The molecule has 0 saturated carbocycles. The molecule has 2 N–H and O–H groups in total. The van der Waals surface area contributed by atoms with Crippen LogP contribution in [0.2, 0.25) is 0 Å². The van der Waals surface area contributed by atoms with Gasteiger partial charge in [0.25, 0.3) is 0 Å². The van der Waals surface area contributed by atoms with E-state index in [4.69, 9.17) is 5.73 Å². The molecule has 0 radical (unpaired) electrons. The average molecular weight is 272 g/mol. The van der Waals surface area contributed by atoms with Crippen molar-refractivity contribution < 1.29 is 0 Å². The van der Waals surface area contributed by atoms with E-state index in [9.17, 15) is 0 Å². The van der Waals surface area contributed by atoms with Crippen molar-refractivity contribution in [1.29, 1.82) is 0 Å². The number of rotatable bonds is 5. The summed E-state index contributed by atoms with van der Waals surface area (Å²) in [5.74, 6) is 0. The van der Waals surface area contributed by atoms with Crippen molar-refractivity contribution in [3.05, 3.63) is 36.0 Å². The molecule has 1 aromatic carbocycles. The van der Waals surface area contributed by atoms with E-state index >= 15 is 0 Å². The second-order valence-electron chi connectivity index (χ2n) is 7.05. The molecule has 0 fully saturated rings.